The highest BCUT2D eigenvalue weighted by Crippen LogP contribution is 2.23. The number of hydrogen-bond donors (Lipinski definition) is 3. The highest BCUT2D eigenvalue weighted by atomic mass is 16.5. The Bertz CT molecular complexity index is 1140. The van der Waals surface area contributed by atoms with Crippen molar-refractivity contribution in [3.05, 3.63) is 114 Å². The molecule has 5 nitrogen and oxygen atoms in total. The monoisotopic (exact) mass is 409 g/mol. The standard InChI is InChI=1S/C26H23N3O2/c27-24-8-4-5-9-25(24)29-26(30)20-12-10-19(11-13-20)18-28-21-14-16-23(17-15-21)31-22-6-2-1-3-7-22/h1-17,28H,18,27H2,(H,29,30). The van der Waals surface area contributed by atoms with Gasteiger partial charge in [-0.05, 0) is 66.2 Å². The Morgan fingerprint density at radius 1 is 0.742 bits per heavy atom. The number of anilines is 3. The number of nitrogens with one attached hydrogen (secondary N) is 2. The van der Waals surface area contributed by atoms with E-state index in [1.165, 1.54) is 0 Å². The molecule has 0 aromatic heterocycles. The van der Waals surface area contributed by atoms with Gasteiger partial charge in [0.15, 0.2) is 0 Å². The van der Waals surface area contributed by atoms with Gasteiger partial charge in [0.25, 0.3) is 5.91 Å². The molecule has 4 aromatic carbocycles. The molecule has 0 atom stereocenters. The summed E-state index contributed by atoms with van der Waals surface area (Å²) in [5.74, 6) is 1.40. The molecule has 0 spiro atoms. The average Bonchev–Trinajstić information content (AvgIpc) is 2.81. The number of rotatable bonds is 7. The Labute approximate surface area is 181 Å². The van der Waals surface area contributed by atoms with Gasteiger partial charge in [-0.1, -0.05) is 42.5 Å². The number of nitrogens with two attached hydrogens (primary N) is 1. The molecular formula is C26H23N3O2. The fourth-order valence-electron chi connectivity index (χ4n) is 3.05. The lowest BCUT2D eigenvalue weighted by Gasteiger charge is -2.10. The lowest BCUT2D eigenvalue weighted by molar-refractivity contribution is 0.102. The number of carbonyl (C=O) groups is 1. The Morgan fingerprint density at radius 3 is 2.10 bits per heavy atom. The summed E-state index contributed by atoms with van der Waals surface area (Å²) >= 11 is 0. The van der Waals surface area contributed by atoms with Crippen LogP contribution in [0.2, 0.25) is 0 Å². The number of carbonyl (C=O) groups excluding carboxylic acids is 1. The summed E-state index contributed by atoms with van der Waals surface area (Å²) in [5.41, 5.74) is 9.67. The fourth-order valence-corrected chi connectivity index (χ4v) is 3.05. The Balaban J connectivity index is 1.31. The molecule has 4 rings (SSSR count). The lowest BCUT2D eigenvalue weighted by Crippen LogP contribution is -2.13. The van der Waals surface area contributed by atoms with E-state index in [1.54, 1.807) is 12.1 Å². The number of ether oxygens (including phenoxy) is 1. The van der Waals surface area contributed by atoms with Crippen molar-refractivity contribution in [3.63, 3.8) is 0 Å². The SMILES string of the molecule is Nc1ccccc1NC(=O)c1ccc(CNc2ccc(Oc3ccccc3)cc2)cc1. The predicted molar refractivity (Wildman–Crippen MR) is 126 cm³/mol. The molecule has 0 saturated carbocycles. The quantitative estimate of drug-likeness (QED) is 0.331. The van der Waals surface area contributed by atoms with E-state index >= 15 is 0 Å². The first-order valence-electron chi connectivity index (χ1n) is 9.99. The van der Waals surface area contributed by atoms with E-state index in [0.717, 1.165) is 22.7 Å². The van der Waals surface area contributed by atoms with Crippen molar-refractivity contribution in [2.24, 2.45) is 0 Å². The van der Waals surface area contributed by atoms with Crippen molar-refractivity contribution in [2.45, 2.75) is 6.54 Å². The van der Waals surface area contributed by atoms with Gasteiger partial charge in [0.05, 0.1) is 11.4 Å². The summed E-state index contributed by atoms with van der Waals surface area (Å²) in [7, 11) is 0. The van der Waals surface area contributed by atoms with Gasteiger partial charge in [-0.15, -0.1) is 0 Å². The Kier molecular flexibility index (Phi) is 6.14. The molecule has 31 heavy (non-hydrogen) atoms. The maximum atomic E-state index is 12.4. The normalized spacial score (nSPS) is 10.3. The molecule has 0 aliphatic rings. The van der Waals surface area contributed by atoms with Crippen LogP contribution in [0.15, 0.2) is 103 Å². The van der Waals surface area contributed by atoms with Crippen molar-refractivity contribution in [3.8, 4) is 11.5 Å². The third-order valence-corrected chi connectivity index (χ3v) is 4.75. The molecular weight excluding hydrogens is 386 g/mol. The van der Waals surface area contributed by atoms with Crippen LogP contribution in [-0.2, 0) is 6.54 Å². The summed E-state index contributed by atoms with van der Waals surface area (Å²) in [6.07, 6.45) is 0. The molecule has 0 aliphatic carbocycles. The zero-order valence-corrected chi connectivity index (χ0v) is 16.9. The first-order valence-corrected chi connectivity index (χ1v) is 9.99. The molecule has 0 fully saturated rings. The maximum absolute atomic E-state index is 12.4. The van der Waals surface area contributed by atoms with Crippen LogP contribution in [0.25, 0.3) is 0 Å². The smallest absolute Gasteiger partial charge is 0.255 e. The summed E-state index contributed by atoms with van der Waals surface area (Å²) in [4.78, 5) is 12.4. The maximum Gasteiger partial charge on any atom is 0.255 e. The number of benzene rings is 4. The van der Waals surface area contributed by atoms with Gasteiger partial charge in [-0.3, -0.25) is 4.79 Å². The zero-order valence-electron chi connectivity index (χ0n) is 16.9. The second-order valence-electron chi connectivity index (χ2n) is 7.03. The molecule has 1 amide bonds. The van der Waals surface area contributed by atoms with Crippen LogP contribution in [0, 0.1) is 0 Å². The zero-order chi connectivity index (χ0) is 21.5. The van der Waals surface area contributed by atoms with Crippen LogP contribution in [0.4, 0.5) is 17.1 Å². The van der Waals surface area contributed by atoms with Crippen molar-refractivity contribution in [1.82, 2.24) is 0 Å². The van der Waals surface area contributed by atoms with Gasteiger partial charge >= 0.3 is 0 Å². The number of nitrogen functional groups attached to an aromatic ring is 1. The molecule has 0 aliphatic heterocycles. The van der Waals surface area contributed by atoms with E-state index in [-0.39, 0.29) is 5.91 Å². The van der Waals surface area contributed by atoms with Gasteiger partial charge in [-0.2, -0.15) is 0 Å². The minimum Gasteiger partial charge on any atom is -0.457 e. The van der Waals surface area contributed by atoms with E-state index in [1.807, 2.05) is 91.0 Å². The van der Waals surface area contributed by atoms with Crippen molar-refractivity contribution in [2.75, 3.05) is 16.4 Å². The van der Waals surface area contributed by atoms with Crippen molar-refractivity contribution in [1.29, 1.82) is 0 Å². The van der Waals surface area contributed by atoms with E-state index in [2.05, 4.69) is 10.6 Å². The van der Waals surface area contributed by atoms with Gasteiger partial charge in [0, 0.05) is 17.8 Å². The Morgan fingerprint density at radius 2 is 1.39 bits per heavy atom. The number of para-hydroxylation sites is 3. The molecule has 0 radical (unpaired) electrons. The van der Waals surface area contributed by atoms with Crippen LogP contribution in [0.3, 0.4) is 0 Å². The van der Waals surface area contributed by atoms with Crippen LogP contribution in [-0.4, -0.2) is 5.91 Å². The molecule has 154 valence electrons. The largest absolute Gasteiger partial charge is 0.457 e. The van der Waals surface area contributed by atoms with Crippen LogP contribution < -0.4 is 21.1 Å². The molecule has 0 heterocycles. The average molecular weight is 409 g/mol. The van der Waals surface area contributed by atoms with Crippen LogP contribution in [0.1, 0.15) is 15.9 Å². The first-order chi connectivity index (χ1) is 15.2. The van der Waals surface area contributed by atoms with Gasteiger partial charge < -0.3 is 21.1 Å². The lowest BCUT2D eigenvalue weighted by atomic mass is 10.1. The molecule has 0 saturated heterocycles. The van der Waals surface area contributed by atoms with Crippen LogP contribution >= 0.6 is 0 Å². The van der Waals surface area contributed by atoms with E-state index in [9.17, 15) is 4.79 Å². The van der Waals surface area contributed by atoms with Crippen molar-refractivity contribution >= 4 is 23.0 Å². The highest BCUT2D eigenvalue weighted by Gasteiger charge is 2.08. The summed E-state index contributed by atoms with van der Waals surface area (Å²) in [6.45, 7) is 0.645. The van der Waals surface area contributed by atoms with Gasteiger partial charge in [-0.25, -0.2) is 0 Å². The Hall–Kier alpha value is -4.25. The highest BCUT2D eigenvalue weighted by molar-refractivity contribution is 6.05. The second-order valence-corrected chi connectivity index (χ2v) is 7.03. The summed E-state index contributed by atoms with van der Waals surface area (Å²) < 4.78 is 5.81. The van der Waals surface area contributed by atoms with E-state index in [4.69, 9.17) is 10.5 Å². The van der Waals surface area contributed by atoms with E-state index in [0.29, 0.717) is 23.5 Å². The predicted octanol–water partition coefficient (Wildman–Crippen LogP) is 5.93. The molecule has 4 N–H and O–H groups in total. The van der Waals surface area contributed by atoms with Crippen molar-refractivity contribution < 1.29 is 9.53 Å². The summed E-state index contributed by atoms with van der Waals surface area (Å²) in [6, 6.07) is 32.2. The molecule has 4 aromatic rings. The van der Waals surface area contributed by atoms with E-state index < -0.39 is 0 Å². The number of amides is 1. The van der Waals surface area contributed by atoms with Gasteiger partial charge in [0.2, 0.25) is 0 Å². The van der Waals surface area contributed by atoms with Gasteiger partial charge in [0.1, 0.15) is 11.5 Å². The third kappa shape index (κ3) is 5.42. The topological polar surface area (TPSA) is 76.4 Å². The minimum absolute atomic E-state index is 0.189. The second kappa shape index (κ2) is 9.50. The minimum atomic E-state index is -0.189. The first kappa shape index (κ1) is 20.0. The summed E-state index contributed by atoms with van der Waals surface area (Å²) in [5, 5.41) is 6.21. The number of hydrogen-bond acceptors (Lipinski definition) is 4. The molecule has 0 unspecified atom stereocenters. The van der Waals surface area contributed by atoms with Crippen LogP contribution in [0.5, 0.6) is 11.5 Å². The molecule has 5 heteroatoms. The molecule has 0 bridgehead atoms. The fraction of sp³-hybridized carbons (Fsp3) is 0.0385. The third-order valence-electron chi connectivity index (χ3n) is 4.75.